The van der Waals surface area contributed by atoms with Crippen molar-refractivity contribution in [2.45, 2.75) is 210 Å². The first-order valence-corrected chi connectivity index (χ1v) is 42.9. The minimum atomic E-state index is -1.90. The molecule has 0 spiro atoms. The summed E-state index contributed by atoms with van der Waals surface area (Å²) in [6.07, 6.45) is 1.83. The van der Waals surface area contributed by atoms with Crippen LogP contribution in [0.2, 0.25) is 0 Å². The number of carbonyl (C=O) groups excluding carboxylic acids is 15. The van der Waals surface area contributed by atoms with Crippen LogP contribution < -0.4 is 113 Å². The summed E-state index contributed by atoms with van der Waals surface area (Å²) in [4.78, 5) is 221. The minimum Gasteiger partial charge on any atom is -0.480 e. The molecule has 0 fully saturated rings. The molecule has 43 nitrogen and oxygen atoms in total. The van der Waals surface area contributed by atoms with Crippen molar-refractivity contribution in [2.24, 2.45) is 40.7 Å². The van der Waals surface area contributed by atoms with Crippen molar-refractivity contribution in [3.63, 3.8) is 0 Å². The van der Waals surface area contributed by atoms with E-state index in [1.165, 1.54) is 18.7 Å². The number of guanidine groups is 2. The van der Waals surface area contributed by atoms with Crippen LogP contribution in [0.4, 0.5) is 0 Å². The Kier molecular flexibility index (Phi) is 49.9. The number of nitrogens with two attached hydrogens (primary N) is 4. The third-order valence-electron chi connectivity index (χ3n) is 19.4. The van der Waals surface area contributed by atoms with Crippen LogP contribution in [-0.2, 0) is 96.0 Å². The Balaban J connectivity index is 1.81. The molecule has 0 aliphatic carbocycles. The zero-order valence-electron chi connectivity index (χ0n) is 72.4. The highest BCUT2D eigenvalue weighted by molar-refractivity contribution is 7.98. The molecule has 0 aliphatic rings. The number of carbonyl (C=O) groups is 16. The Morgan fingerprint density at radius 3 is 1.11 bits per heavy atom. The fraction of sp³-hybridized carbons (Fsp3) is 0.561. The largest absolute Gasteiger partial charge is 0.480 e. The number of hydrogen-bond donors (Lipinski definition) is 27. The number of thioether (sulfide) groups is 1. The number of aliphatic carboxylic acids is 1. The fourth-order valence-electron chi connectivity index (χ4n) is 12.4. The van der Waals surface area contributed by atoms with E-state index in [4.69, 9.17) is 33.8 Å². The Labute approximate surface area is 736 Å². The van der Waals surface area contributed by atoms with Gasteiger partial charge in [0.25, 0.3) is 0 Å². The molecule has 0 unspecified atom stereocenters. The Hall–Kier alpha value is -12.1. The number of rotatable bonds is 59. The smallest absolute Gasteiger partial charge is 0.326 e. The van der Waals surface area contributed by atoms with Gasteiger partial charge in [-0.3, -0.25) is 82.7 Å². The first-order chi connectivity index (χ1) is 59.7. The molecule has 3 rings (SSSR count). The summed E-state index contributed by atoms with van der Waals surface area (Å²) in [7, 11) is 0. The number of carboxylic acids is 1. The van der Waals surface area contributed by atoms with Gasteiger partial charge in [-0.15, -0.1) is 0 Å². The number of nitrogens with one attached hydrogen (secondary N) is 19. The van der Waals surface area contributed by atoms with Crippen molar-refractivity contribution in [3.05, 3.63) is 108 Å². The lowest BCUT2D eigenvalue weighted by Gasteiger charge is -2.29. The van der Waals surface area contributed by atoms with Gasteiger partial charge in [0.1, 0.15) is 84.6 Å². The molecule has 126 heavy (non-hydrogen) atoms. The van der Waals surface area contributed by atoms with E-state index >= 15 is 0 Å². The number of hydrogen-bond acceptors (Lipinski definition) is 24. The van der Waals surface area contributed by atoms with Gasteiger partial charge in [0.05, 0.1) is 32.9 Å². The quantitative estimate of drug-likeness (QED) is 0.0142. The minimum absolute atomic E-state index is 0.0164. The summed E-state index contributed by atoms with van der Waals surface area (Å²) in [5.74, 6) is -17.2. The van der Waals surface area contributed by atoms with Crippen molar-refractivity contribution in [2.75, 3.05) is 64.6 Å². The van der Waals surface area contributed by atoms with Crippen LogP contribution in [0, 0.1) is 28.6 Å². The van der Waals surface area contributed by atoms with Crippen LogP contribution in [0.1, 0.15) is 123 Å². The molecule has 14 atom stereocenters. The normalized spacial score (nSPS) is 14.4. The van der Waals surface area contributed by atoms with E-state index in [1.54, 1.807) is 139 Å². The van der Waals surface area contributed by atoms with E-state index in [1.807, 2.05) is 0 Å². The number of amides is 15. The average molecular weight is 1790 g/mol. The maximum atomic E-state index is 14.6. The van der Waals surface area contributed by atoms with Gasteiger partial charge in [0.15, 0.2) is 11.9 Å². The molecule has 698 valence electrons. The van der Waals surface area contributed by atoms with E-state index in [9.17, 15) is 97.1 Å². The van der Waals surface area contributed by atoms with Crippen LogP contribution in [0.5, 0.6) is 0 Å². The number of aliphatic hydroxyl groups is 3. The second-order valence-electron chi connectivity index (χ2n) is 31.1. The molecular weight excluding hydrogens is 1660 g/mol. The van der Waals surface area contributed by atoms with Gasteiger partial charge in [-0.05, 0) is 118 Å². The van der Waals surface area contributed by atoms with Gasteiger partial charge < -0.3 is 134 Å². The topological polar surface area (TPSA) is 710 Å². The fourth-order valence-corrected chi connectivity index (χ4v) is 12.9. The third-order valence-corrected chi connectivity index (χ3v) is 20.1. The molecule has 0 radical (unpaired) electrons. The molecule has 0 saturated heterocycles. The van der Waals surface area contributed by atoms with Crippen LogP contribution in [0.15, 0.2) is 91.0 Å². The van der Waals surface area contributed by atoms with Crippen LogP contribution in [0.25, 0.3) is 0 Å². The molecule has 3 aromatic rings. The van der Waals surface area contributed by atoms with Crippen molar-refractivity contribution in [3.8, 4) is 0 Å². The summed E-state index contributed by atoms with van der Waals surface area (Å²) in [6, 6.07) is 5.03. The number of unbranched alkanes of at least 4 members (excludes halogenated alkanes) is 1. The van der Waals surface area contributed by atoms with E-state index in [2.05, 4.69) is 90.4 Å². The van der Waals surface area contributed by atoms with Gasteiger partial charge in [-0.25, -0.2) is 4.79 Å². The van der Waals surface area contributed by atoms with Crippen LogP contribution >= 0.6 is 11.8 Å². The van der Waals surface area contributed by atoms with Crippen molar-refractivity contribution in [1.29, 1.82) is 10.8 Å². The predicted octanol–water partition coefficient (Wildman–Crippen LogP) is -6.58. The molecule has 0 heterocycles. The van der Waals surface area contributed by atoms with Gasteiger partial charge >= 0.3 is 5.97 Å². The van der Waals surface area contributed by atoms with Crippen molar-refractivity contribution < 1.29 is 97.1 Å². The maximum Gasteiger partial charge on any atom is 0.326 e. The van der Waals surface area contributed by atoms with E-state index in [0.717, 1.165) is 0 Å². The summed E-state index contributed by atoms with van der Waals surface area (Å²) in [5, 5.41) is 98.1. The van der Waals surface area contributed by atoms with Gasteiger partial charge in [-0.2, -0.15) is 11.8 Å². The van der Waals surface area contributed by atoms with Crippen molar-refractivity contribution in [1.82, 2.24) is 90.4 Å². The standard InChI is InChI=1S/C82H129N23O20S/c1-45(2)36-57(74(118)99-58(37-49-22-12-9-13-23-49)70(114)92-41-64(110)104-66(47(5)6)80(124)125)98-71(115)54(28-18-19-32-83)94-63(109)40-91-69(113)53(29-20-33-89-81(85)86)97-77(121)61(43-107)103-78(122)62(44-108)102-73(117)56(31-35-126-8)95-67(111)48(7)93-79(123)65(46(3)4)105-76(120)60(39-51-26-16-11-17-27-51)101-75(119)59(38-50-24-14-10-15-25-50)100-72(116)55(30-21-34-90-82(87)88)96-68(112)52(84)42-106/h9-17,22-27,45-48,52-62,65-66,106-108H,18-21,28-44,83-84H2,1-8H3,(H,91,113)(H,92,114)(H,93,123)(H,94,109)(H,95,111)(H,96,112)(H,97,121)(H,98,115)(H,99,118)(H,100,116)(H,101,119)(H,102,117)(H,103,122)(H,104,110)(H,105,120)(H,124,125)(H4,85,86,89)(H4,87,88,90)/t48-,52-,53-,54-,55-,56-,57-,58-,59-,60-,61-,62-,65-,66-/m0/s1. The van der Waals surface area contributed by atoms with E-state index < -0.39 is 230 Å². The van der Waals surface area contributed by atoms with Crippen LogP contribution in [0.3, 0.4) is 0 Å². The molecular formula is C82H129N23O20S. The molecule has 0 bridgehead atoms. The zero-order chi connectivity index (χ0) is 94.1. The highest BCUT2D eigenvalue weighted by Gasteiger charge is 2.38. The molecule has 31 N–H and O–H groups in total. The maximum absolute atomic E-state index is 14.6. The van der Waals surface area contributed by atoms with Gasteiger partial charge in [0.2, 0.25) is 88.6 Å². The molecule has 0 aliphatic heterocycles. The van der Waals surface area contributed by atoms with E-state index in [0.29, 0.717) is 23.1 Å². The van der Waals surface area contributed by atoms with E-state index in [-0.39, 0.29) is 108 Å². The van der Waals surface area contributed by atoms with Gasteiger partial charge in [-0.1, -0.05) is 133 Å². The molecule has 44 heteroatoms. The lowest BCUT2D eigenvalue weighted by Crippen LogP contribution is -2.61. The monoisotopic (exact) mass is 1790 g/mol. The lowest BCUT2D eigenvalue weighted by atomic mass is 9.99. The first kappa shape index (κ1) is 108. The third kappa shape index (κ3) is 41.1. The molecule has 15 amide bonds. The summed E-state index contributed by atoms with van der Waals surface area (Å²) >= 11 is 1.26. The summed E-state index contributed by atoms with van der Waals surface area (Å²) in [6.45, 7) is 6.98. The summed E-state index contributed by atoms with van der Waals surface area (Å²) in [5.41, 5.74) is 24.2. The lowest BCUT2D eigenvalue weighted by molar-refractivity contribution is -0.143. The Bertz CT molecular complexity index is 4070. The van der Waals surface area contributed by atoms with Gasteiger partial charge in [0, 0.05) is 32.4 Å². The second-order valence-corrected chi connectivity index (χ2v) is 32.1. The number of benzene rings is 3. The first-order valence-electron chi connectivity index (χ1n) is 41.5. The average Bonchev–Trinajstić information content (AvgIpc) is 0.845. The zero-order valence-corrected chi connectivity index (χ0v) is 73.2. The SMILES string of the molecule is CSCC[C@H](NC(=O)[C@H](C)NC(=O)[C@@H](NC(=O)[C@H](Cc1ccccc1)NC(=O)[C@H](Cc1ccccc1)NC(=O)[C@H](CCCNC(=N)N)NC(=O)[C@@H](N)CO)C(C)C)C(=O)N[C@@H](CO)C(=O)N[C@@H](CO)C(=O)N[C@@H](CCCNC(=N)N)C(=O)NCC(=O)N[C@@H](CCCCN)C(=O)N[C@@H](CC(C)C)C(=O)N[C@@H](Cc1ccccc1)C(=O)NCC(=O)N[C@H](C(=O)O)C(C)C. The molecule has 0 aromatic heterocycles. The second kappa shape index (κ2) is 58.1. The van der Waals surface area contributed by atoms with Crippen molar-refractivity contribution >= 4 is 118 Å². The van der Waals surface area contributed by atoms with Crippen LogP contribution in [-0.4, -0.2) is 276 Å². The predicted molar refractivity (Wildman–Crippen MR) is 467 cm³/mol. The Morgan fingerprint density at radius 2 is 0.706 bits per heavy atom. The molecule has 0 saturated carbocycles. The number of carboxylic acid groups (broad SMARTS) is 1. The highest BCUT2D eigenvalue weighted by Crippen LogP contribution is 2.15. The molecule has 3 aromatic carbocycles. The summed E-state index contributed by atoms with van der Waals surface area (Å²) < 4.78 is 0. The number of aliphatic hydroxyl groups excluding tert-OH is 3. The highest BCUT2D eigenvalue weighted by atomic mass is 32.2. The Morgan fingerprint density at radius 1 is 0.365 bits per heavy atom.